The van der Waals surface area contributed by atoms with Crippen LogP contribution in [0.4, 0.5) is 4.79 Å². The number of amides is 5. The number of likely N-dealkylation sites (tertiary alicyclic amines) is 1. The number of sulfonamides is 1. The number of carbonyl (C=O) groups excluding carboxylic acids is 5. The van der Waals surface area contributed by atoms with Crippen LogP contribution in [0.3, 0.4) is 0 Å². The lowest BCUT2D eigenvalue weighted by atomic mass is 9.70. The van der Waals surface area contributed by atoms with E-state index >= 15 is 0 Å². The summed E-state index contributed by atoms with van der Waals surface area (Å²) in [7, 11) is -2.13. The molecule has 4 N–H and O–H groups in total. The van der Waals surface area contributed by atoms with Crippen LogP contribution in [0.15, 0.2) is 0 Å². The number of rotatable bonds is 16. The average Bonchev–Trinajstić information content (AvgIpc) is 3.78. The first-order valence-corrected chi connectivity index (χ1v) is 21.5. The third-order valence-electron chi connectivity index (χ3n) is 12.2. The Morgan fingerprint density at radius 2 is 1.46 bits per heavy atom. The fraction of sp³-hybridized carbons (Fsp3) is 0.868. The summed E-state index contributed by atoms with van der Waals surface area (Å²) in [4.78, 5) is 70.7. The summed E-state index contributed by atoms with van der Waals surface area (Å²) in [6, 6.07) is -3.65. The fourth-order valence-electron chi connectivity index (χ4n) is 8.62. The lowest BCUT2D eigenvalue weighted by molar-refractivity contribution is -0.145. The fourth-order valence-corrected chi connectivity index (χ4v) is 10.5. The van der Waals surface area contributed by atoms with E-state index in [-0.39, 0.29) is 35.6 Å². The number of urea groups is 1. The van der Waals surface area contributed by atoms with Gasteiger partial charge in [0.05, 0.1) is 17.3 Å². The molecule has 296 valence electrons. The Hall–Kier alpha value is -2.74. The zero-order valence-electron chi connectivity index (χ0n) is 32.7. The number of hydrogen-bond donors (Lipinski definition) is 4. The zero-order chi connectivity index (χ0) is 38.4. The first-order chi connectivity index (χ1) is 24.4. The molecule has 13 nitrogen and oxygen atoms in total. The normalized spacial score (nSPS) is 24.3. The Balaban J connectivity index is 1.60. The molecule has 0 bridgehead atoms. The third kappa shape index (κ3) is 10.3. The van der Waals surface area contributed by atoms with E-state index in [1.165, 1.54) is 4.31 Å². The van der Waals surface area contributed by atoms with Gasteiger partial charge in [-0.2, -0.15) is 0 Å². The molecule has 0 aromatic heterocycles. The summed E-state index contributed by atoms with van der Waals surface area (Å²) < 4.78 is 28.3. The van der Waals surface area contributed by atoms with Crippen molar-refractivity contribution in [3.63, 3.8) is 0 Å². The van der Waals surface area contributed by atoms with E-state index in [4.69, 9.17) is 0 Å². The van der Waals surface area contributed by atoms with Crippen LogP contribution in [0.1, 0.15) is 138 Å². The van der Waals surface area contributed by atoms with Crippen molar-refractivity contribution < 1.29 is 32.4 Å². The first kappa shape index (κ1) is 42.0. The lowest BCUT2D eigenvalue weighted by Crippen LogP contribution is -2.64. The molecule has 0 aromatic carbocycles. The van der Waals surface area contributed by atoms with Crippen molar-refractivity contribution in [2.24, 2.45) is 17.3 Å². The summed E-state index contributed by atoms with van der Waals surface area (Å²) in [6.45, 7) is 11.9. The van der Waals surface area contributed by atoms with Gasteiger partial charge < -0.3 is 26.2 Å². The maximum atomic E-state index is 14.9. The van der Waals surface area contributed by atoms with E-state index in [0.717, 1.165) is 51.4 Å². The minimum Gasteiger partial charge on any atom is -0.347 e. The summed E-state index contributed by atoms with van der Waals surface area (Å²) in [5, 5.41) is 11.7. The molecule has 4 fully saturated rings. The third-order valence-corrected chi connectivity index (χ3v) is 14.4. The van der Waals surface area contributed by atoms with Crippen molar-refractivity contribution in [1.29, 1.82) is 0 Å². The van der Waals surface area contributed by atoms with Crippen molar-refractivity contribution in [3.8, 4) is 0 Å². The van der Waals surface area contributed by atoms with E-state index in [2.05, 4.69) is 21.3 Å². The van der Waals surface area contributed by atoms with Gasteiger partial charge in [-0.05, 0) is 82.5 Å². The zero-order valence-corrected chi connectivity index (χ0v) is 33.5. The maximum absolute atomic E-state index is 14.9. The number of ketones is 1. The Morgan fingerprint density at radius 3 is 2.00 bits per heavy atom. The van der Waals surface area contributed by atoms with Crippen LogP contribution in [0, 0.1) is 17.3 Å². The van der Waals surface area contributed by atoms with Gasteiger partial charge in [-0.3, -0.25) is 19.2 Å². The van der Waals surface area contributed by atoms with Crippen molar-refractivity contribution in [1.82, 2.24) is 30.5 Å². The Morgan fingerprint density at radius 1 is 0.865 bits per heavy atom. The SMILES string of the molecule is CCC[C@H](NC(=O)[C@@H]1[C@@H](C(C)C)CCN1C(=O)[C@@H](NC(=O)NC1(CS(=O)(=O)N(C)C(C)C)CCCCC1)C1(C)CCCCC1)C(=O)C(=O)NC1CC1. The summed E-state index contributed by atoms with van der Waals surface area (Å²) in [5.41, 5.74) is -1.56. The molecule has 4 aliphatic rings. The molecule has 14 heteroatoms. The van der Waals surface area contributed by atoms with Crippen LogP contribution in [0.2, 0.25) is 0 Å². The molecule has 4 rings (SSSR count). The van der Waals surface area contributed by atoms with E-state index in [0.29, 0.717) is 51.5 Å². The molecular formula is C38H66N6O7S. The molecule has 0 spiro atoms. The predicted octanol–water partition coefficient (Wildman–Crippen LogP) is 4.00. The van der Waals surface area contributed by atoms with E-state index in [1.54, 1.807) is 11.9 Å². The summed E-state index contributed by atoms with van der Waals surface area (Å²) >= 11 is 0. The van der Waals surface area contributed by atoms with Crippen molar-refractivity contribution in [3.05, 3.63) is 0 Å². The van der Waals surface area contributed by atoms with Crippen molar-refractivity contribution in [2.75, 3.05) is 19.3 Å². The highest BCUT2D eigenvalue weighted by atomic mass is 32.2. The minimum atomic E-state index is -3.69. The van der Waals surface area contributed by atoms with E-state index in [1.807, 2.05) is 41.5 Å². The van der Waals surface area contributed by atoms with Crippen LogP contribution in [0.5, 0.6) is 0 Å². The van der Waals surface area contributed by atoms with Gasteiger partial charge in [-0.15, -0.1) is 0 Å². The largest absolute Gasteiger partial charge is 0.347 e. The molecule has 4 atom stereocenters. The Bertz CT molecular complexity index is 1400. The molecule has 1 aliphatic heterocycles. The lowest BCUT2D eigenvalue weighted by Gasteiger charge is -2.44. The van der Waals surface area contributed by atoms with Crippen LogP contribution >= 0.6 is 0 Å². The number of carbonyl (C=O) groups is 5. The predicted molar refractivity (Wildman–Crippen MR) is 201 cm³/mol. The standard InChI is InChI=1S/C38H66N6O7S/c1-8-15-29(31(45)34(47)39-27-16-17-27)40-33(46)30-28(25(2)3)18-23-44(30)35(48)32(37(6)19-11-9-12-20-37)41-36(49)42-38(21-13-10-14-22-38)24-52(50,51)43(7)26(4)5/h25-30,32H,8-24H2,1-7H3,(H,39,47)(H,40,46)(H2,41,42,49)/t28-,29+,30+,32-/m1/s1. The van der Waals surface area contributed by atoms with Gasteiger partial charge in [0, 0.05) is 25.7 Å². The second-order valence-corrected chi connectivity index (χ2v) is 19.1. The van der Waals surface area contributed by atoms with Crippen LogP contribution in [-0.4, -0.2) is 102 Å². The monoisotopic (exact) mass is 750 g/mol. The van der Waals surface area contributed by atoms with Gasteiger partial charge >= 0.3 is 6.03 Å². The minimum absolute atomic E-state index is 0.00394. The summed E-state index contributed by atoms with van der Waals surface area (Å²) in [5.74, 6) is -2.55. The van der Waals surface area contributed by atoms with Gasteiger partial charge in [-0.25, -0.2) is 17.5 Å². The molecular weight excluding hydrogens is 685 g/mol. The van der Waals surface area contributed by atoms with Crippen LogP contribution in [-0.2, 0) is 29.2 Å². The number of nitrogens with one attached hydrogen (secondary N) is 4. The van der Waals surface area contributed by atoms with Crippen molar-refractivity contribution >= 4 is 39.6 Å². The number of Topliss-reactive ketones (excluding diaryl/α,β-unsaturated/α-hetero) is 1. The molecule has 3 aliphatic carbocycles. The van der Waals surface area contributed by atoms with E-state index < -0.39 is 62.7 Å². The van der Waals surface area contributed by atoms with Crippen LogP contribution < -0.4 is 21.3 Å². The van der Waals surface area contributed by atoms with E-state index in [9.17, 15) is 32.4 Å². The van der Waals surface area contributed by atoms with Gasteiger partial charge in [0.2, 0.25) is 27.6 Å². The average molecular weight is 751 g/mol. The molecule has 1 saturated heterocycles. The Labute approximate surface area is 312 Å². The first-order valence-electron chi connectivity index (χ1n) is 19.9. The number of hydrogen-bond acceptors (Lipinski definition) is 7. The highest BCUT2D eigenvalue weighted by Crippen LogP contribution is 2.41. The maximum Gasteiger partial charge on any atom is 0.315 e. The van der Waals surface area contributed by atoms with Crippen molar-refractivity contribution in [2.45, 2.75) is 174 Å². The topological polar surface area (TPSA) is 174 Å². The Kier molecular flexibility index (Phi) is 14.2. The quantitative estimate of drug-likeness (QED) is 0.173. The van der Waals surface area contributed by atoms with Gasteiger partial charge in [0.25, 0.3) is 5.91 Å². The molecule has 3 saturated carbocycles. The van der Waals surface area contributed by atoms with Gasteiger partial charge in [-0.1, -0.05) is 72.6 Å². The summed E-state index contributed by atoms with van der Waals surface area (Å²) in [6.07, 6.45) is 10.9. The highest BCUT2D eigenvalue weighted by Gasteiger charge is 2.50. The second-order valence-electron chi connectivity index (χ2n) is 17.1. The van der Waals surface area contributed by atoms with Crippen LogP contribution in [0.25, 0.3) is 0 Å². The highest BCUT2D eigenvalue weighted by molar-refractivity contribution is 7.89. The molecule has 0 aromatic rings. The smallest absolute Gasteiger partial charge is 0.315 e. The van der Waals surface area contributed by atoms with Gasteiger partial charge in [0.1, 0.15) is 12.1 Å². The number of nitrogens with zero attached hydrogens (tertiary/aromatic N) is 2. The second kappa shape index (κ2) is 17.6. The molecule has 1 heterocycles. The molecule has 0 radical (unpaired) electrons. The molecule has 0 unspecified atom stereocenters. The molecule has 52 heavy (non-hydrogen) atoms. The van der Waals surface area contributed by atoms with Gasteiger partial charge in [0.15, 0.2) is 0 Å². The molecule has 5 amide bonds.